The van der Waals surface area contributed by atoms with E-state index in [4.69, 9.17) is 4.74 Å². The number of hydrogen-bond acceptors (Lipinski definition) is 1. The van der Waals surface area contributed by atoms with Gasteiger partial charge in [-0.15, -0.1) is 0 Å². The molecule has 0 unspecified atom stereocenters. The van der Waals surface area contributed by atoms with Crippen LogP contribution in [0.3, 0.4) is 0 Å². The first-order valence-electron chi connectivity index (χ1n) is 3.67. The Bertz CT molecular complexity index is 353. The number of ether oxygens (including phenoxy) is 1. The largest absolute Gasteiger partial charge is 0.450 e. The second kappa shape index (κ2) is 3.31. The van der Waals surface area contributed by atoms with Gasteiger partial charge in [0.05, 0.1) is 0 Å². The lowest BCUT2D eigenvalue weighted by Crippen LogP contribution is -1.87. The van der Waals surface area contributed by atoms with Gasteiger partial charge in [-0.25, -0.2) is 0 Å². The topological polar surface area (TPSA) is 9.23 Å². The van der Waals surface area contributed by atoms with Gasteiger partial charge in [0, 0.05) is 5.56 Å². The van der Waals surface area contributed by atoms with Crippen LogP contribution in [0.4, 0.5) is 0 Å². The molecule has 1 heterocycles. The van der Waals surface area contributed by atoms with Crippen molar-refractivity contribution in [3.8, 4) is 5.75 Å². The lowest BCUT2D eigenvalue weighted by atomic mass is 10.2. The summed E-state index contributed by atoms with van der Waals surface area (Å²) in [6.07, 6.45) is 5.98. The van der Waals surface area contributed by atoms with Crippen molar-refractivity contribution in [1.29, 1.82) is 0 Å². The van der Waals surface area contributed by atoms with Crippen LogP contribution in [0.25, 0.3) is 6.08 Å². The molecule has 1 aromatic carbocycles. The zero-order valence-corrected chi connectivity index (χ0v) is 8.49. The van der Waals surface area contributed by atoms with E-state index in [1.54, 1.807) is 0 Å². The van der Waals surface area contributed by atoms with Crippen LogP contribution < -0.4 is 4.74 Å². The van der Waals surface area contributed by atoms with Crippen molar-refractivity contribution in [3.05, 3.63) is 45.7 Å². The zero-order valence-electron chi connectivity index (χ0n) is 6.33. The Kier molecular flexibility index (Phi) is 2.17. The van der Waals surface area contributed by atoms with Crippen LogP contribution in [0.1, 0.15) is 5.56 Å². The van der Waals surface area contributed by atoms with E-state index in [-0.39, 0.29) is 0 Å². The van der Waals surface area contributed by atoms with Crippen molar-refractivity contribution in [2.24, 2.45) is 0 Å². The van der Waals surface area contributed by atoms with E-state index in [1.165, 1.54) is 0 Å². The highest BCUT2D eigenvalue weighted by molar-refractivity contribution is 14.1. The molecule has 1 nitrogen and oxygen atoms in total. The van der Waals surface area contributed by atoms with Crippen molar-refractivity contribution in [2.45, 2.75) is 0 Å². The predicted molar refractivity (Wildman–Crippen MR) is 58.2 cm³/mol. The number of allylic oxidation sites excluding steroid dienone is 2. The third-order valence-corrected chi connectivity index (χ3v) is 2.21. The molecule has 0 fully saturated rings. The fourth-order valence-corrected chi connectivity index (χ4v) is 1.52. The van der Waals surface area contributed by atoms with E-state index in [0.717, 1.165) is 15.1 Å². The minimum atomic E-state index is 0.897. The lowest BCUT2D eigenvalue weighted by Gasteiger charge is -2.04. The molecular weight excluding hydrogens is 263 g/mol. The molecule has 12 heavy (non-hydrogen) atoms. The summed E-state index contributed by atoms with van der Waals surface area (Å²) in [7, 11) is 0. The van der Waals surface area contributed by atoms with Crippen molar-refractivity contribution in [1.82, 2.24) is 0 Å². The molecule has 1 aliphatic heterocycles. The number of rotatable bonds is 0. The Morgan fingerprint density at radius 1 is 1.17 bits per heavy atom. The summed E-state index contributed by atoms with van der Waals surface area (Å²) in [5.74, 6) is 0.923. The van der Waals surface area contributed by atoms with Crippen molar-refractivity contribution in [3.63, 3.8) is 0 Å². The average molecular weight is 270 g/mol. The van der Waals surface area contributed by atoms with Crippen molar-refractivity contribution < 1.29 is 4.74 Å². The second-order valence-electron chi connectivity index (χ2n) is 2.47. The molecular formula is C10H7IO. The lowest BCUT2D eigenvalue weighted by molar-refractivity contribution is 0.474. The van der Waals surface area contributed by atoms with Crippen LogP contribution in [0.2, 0.25) is 0 Å². The Morgan fingerprint density at radius 3 is 2.92 bits per heavy atom. The van der Waals surface area contributed by atoms with Crippen molar-refractivity contribution >= 4 is 28.7 Å². The first kappa shape index (κ1) is 7.86. The van der Waals surface area contributed by atoms with E-state index >= 15 is 0 Å². The quantitative estimate of drug-likeness (QED) is 0.657. The molecule has 0 aromatic heterocycles. The monoisotopic (exact) mass is 270 g/mol. The Labute approximate surface area is 84.9 Å². The molecule has 1 aromatic rings. The van der Waals surface area contributed by atoms with Crippen molar-refractivity contribution in [2.75, 3.05) is 0 Å². The highest BCUT2D eigenvalue weighted by Crippen LogP contribution is 2.26. The number of para-hydroxylation sites is 1. The van der Waals surface area contributed by atoms with Crippen LogP contribution in [0.5, 0.6) is 5.75 Å². The molecule has 0 aliphatic carbocycles. The molecule has 2 heteroatoms. The van der Waals surface area contributed by atoms with E-state index in [0.29, 0.717) is 0 Å². The Balaban J connectivity index is 2.49. The summed E-state index contributed by atoms with van der Waals surface area (Å²) in [4.78, 5) is 0. The standard InChI is InChI=1S/C10H7IO/c11-10-7-3-5-8-4-1-2-6-9(8)12-10/h1-7H. The van der Waals surface area contributed by atoms with E-state index in [9.17, 15) is 0 Å². The molecule has 0 amide bonds. The SMILES string of the molecule is IC1=CC=Cc2ccccc2O1. The zero-order chi connectivity index (χ0) is 8.39. The summed E-state index contributed by atoms with van der Waals surface area (Å²) >= 11 is 2.17. The first-order valence-corrected chi connectivity index (χ1v) is 4.75. The van der Waals surface area contributed by atoms with Gasteiger partial charge in [0.15, 0.2) is 3.77 Å². The van der Waals surface area contributed by atoms with Gasteiger partial charge in [0.1, 0.15) is 5.75 Å². The highest BCUT2D eigenvalue weighted by atomic mass is 127. The van der Waals surface area contributed by atoms with Crippen LogP contribution in [-0.4, -0.2) is 0 Å². The molecule has 0 N–H and O–H groups in total. The molecule has 0 bridgehead atoms. The fourth-order valence-electron chi connectivity index (χ4n) is 1.08. The van der Waals surface area contributed by atoms with Gasteiger partial charge in [-0.2, -0.15) is 0 Å². The van der Waals surface area contributed by atoms with E-state index < -0.39 is 0 Å². The minimum Gasteiger partial charge on any atom is -0.450 e. The fraction of sp³-hybridized carbons (Fsp3) is 0. The van der Waals surface area contributed by atoms with Crippen LogP contribution >= 0.6 is 22.6 Å². The summed E-state index contributed by atoms with van der Waals surface area (Å²) in [5, 5.41) is 0. The molecule has 0 radical (unpaired) electrons. The maximum Gasteiger partial charge on any atom is 0.164 e. The number of halogens is 1. The van der Waals surface area contributed by atoms with E-state index in [1.807, 2.05) is 42.5 Å². The van der Waals surface area contributed by atoms with Gasteiger partial charge >= 0.3 is 0 Å². The van der Waals surface area contributed by atoms with Gasteiger partial charge in [-0.1, -0.05) is 30.4 Å². The van der Waals surface area contributed by atoms with Crippen LogP contribution in [-0.2, 0) is 0 Å². The summed E-state index contributed by atoms with van der Waals surface area (Å²) < 4.78 is 6.44. The second-order valence-corrected chi connectivity index (χ2v) is 3.53. The summed E-state index contributed by atoms with van der Waals surface area (Å²) in [6.45, 7) is 0. The van der Waals surface area contributed by atoms with Gasteiger partial charge in [0.2, 0.25) is 0 Å². The van der Waals surface area contributed by atoms with Crippen LogP contribution in [0.15, 0.2) is 40.2 Å². The third-order valence-electron chi connectivity index (χ3n) is 1.63. The highest BCUT2D eigenvalue weighted by Gasteiger charge is 2.03. The molecule has 0 saturated carbocycles. The number of fused-ring (bicyclic) bond motifs is 1. The van der Waals surface area contributed by atoms with Crippen LogP contribution in [0, 0.1) is 0 Å². The molecule has 0 atom stereocenters. The number of hydrogen-bond donors (Lipinski definition) is 0. The molecule has 60 valence electrons. The normalized spacial score (nSPS) is 14.2. The first-order chi connectivity index (χ1) is 5.86. The average Bonchev–Trinajstić information content (AvgIpc) is 2.25. The maximum absolute atomic E-state index is 5.54. The summed E-state index contributed by atoms with van der Waals surface area (Å²) in [6, 6.07) is 7.99. The summed E-state index contributed by atoms with van der Waals surface area (Å²) in [5.41, 5.74) is 1.13. The van der Waals surface area contributed by atoms with E-state index in [2.05, 4.69) is 22.6 Å². The van der Waals surface area contributed by atoms with Gasteiger partial charge in [-0.3, -0.25) is 0 Å². The van der Waals surface area contributed by atoms with Gasteiger partial charge < -0.3 is 4.74 Å². The van der Waals surface area contributed by atoms with Gasteiger partial charge in [-0.05, 0) is 34.7 Å². The smallest absolute Gasteiger partial charge is 0.164 e. The molecule has 0 spiro atoms. The Hall–Kier alpha value is -0.770. The Morgan fingerprint density at radius 2 is 2.00 bits per heavy atom. The predicted octanol–water partition coefficient (Wildman–Crippen LogP) is 3.37. The minimum absolute atomic E-state index is 0.897. The molecule has 1 aliphatic rings. The third kappa shape index (κ3) is 1.53. The number of benzene rings is 1. The molecule has 0 saturated heterocycles. The molecule has 2 rings (SSSR count). The van der Waals surface area contributed by atoms with Gasteiger partial charge in [0.25, 0.3) is 0 Å². The maximum atomic E-state index is 5.54.